The van der Waals surface area contributed by atoms with E-state index in [-0.39, 0.29) is 23.9 Å². The van der Waals surface area contributed by atoms with Gasteiger partial charge in [0.15, 0.2) is 0 Å². The van der Waals surface area contributed by atoms with Crippen LogP contribution in [0.4, 0.5) is 10.5 Å². The van der Waals surface area contributed by atoms with E-state index in [0.29, 0.717) is 0 Å². The zero-order chi connectivity index (χ0) is 14.1. The molecule has 1 unspecified atom stereocenters. The van der Waals surface area contributed by atoms with Crippen LogP contribution < -0.4 is 16.1 Å². The largest absolute Gasteiger partial charge is 0.335 e. The second-order valence-electron chi connectivity index (χ2n) is 5.14. The number of anilines is 1. The van der Waals surface area contributed by atoms with Crippen molar-refractivity contribution in [1.82, 2.24) is 10.7 Å². The van der Waals surface area contributed by atoms with Gasteiger partial charge in [0.05, 0.1) is 11.8 Å². The Morgan fingerprint density at radius 1 is 1.30 bits per heavy atom. The Kier molecular flexibility index (Phi) is 3.14. The lowest BCUT2D eigenvalue weighted by Gasteiger charge is -2.21. The molecule has 3 amide bonds. The normalized spacial score (nSPS) is 21.6. The number of hydrogen-bond acceptors (Lipinski definition) is 3. The smallest absolute Gasteiger partial charge is 0.328 e. The summed E-state index contributed by atoms with van der Waals surface area (Å²) < 4.78 is 0. The topological polar surface area (TPSA) is 82.6 Å². The third kappa shape index (κ3) is 2.64. The lowest BCUT2D eigenvalue weighted by molar-refractivity contribution is -0.117. The van der Waals surface area contributed by atoms with E-state index in [1.165, 1.54) is 0 Å². The van der Waals surface area contributed by atoms with Gasteiger partial charge in [0.2, 0.25) is 5.91 Å². The molecule has 1 aliphatic carbocycles. The first-order valence-electron chi connectivity index (χ1n) is 6.69. The van der Waals surface area contributed by atoms with Gasteiger partial charge in [0, 0.05) is 17.2 Å². The summed E-state index contributed by atoms with van der Waals surface area (Å²) in [5.41, 5.74) is 4.86. The Hall–Kier alpha value is -2.37. The van der Waals surface area contributed by atoms with E-state index in [0.717, 1.165) is 29.8 Å². The van der Waals surface area contributed by atoms with Crippen LogP contribution in [0.2, 0.25) is 0 Å². The highest BCUT2D eigenvalue weighted by Crippen LogP contribution is 2.30. The maximum atomic E-state index is 11.7. The molecule has 1 aliphatic heterocycles. The molecule has 104 valence electrons. The molecule has 0 aromatic heterocycles. The number of amides is 3. The zero-order valence-electron chi connectivity index (χ0n) is 11.1. The fourth-order valence-electron chi connectivity index (χ4n) is 2.13. The summed E-state index contributed by atoms with van der Waals surface area (Å²) in [4.78, 5) is 22.8. The van der Waals surface area contributed by atoms with Crippen molar-refractivity contribution in [2.45, 2.75) is 25.8 Å². The second-order valence-corrected chi connectivity index (χ2v) is 5.14. The zero-order valence-corrected chi connectivity index (χ0v) is 11.1. The monoisotopic (exact) mass is 272 g/mol. The molecule has 0 spiro atoms. The van der Waals surface area contributed by atoms with Crippen molar-refractivity contribution < 1.29 is 9.59 Å². The summed E-state index contributed by atoms with van der Waals surface area (Å²) in [7, 11) is 0. The second kappa shape index (κ2) is 4.96. The van der Waals surface area contributed by atoms with Gasteiger partial charge >= 0.3 is 6.03 Å². The first-order valence-corrected chi connectivity index (χ1v) is 6.69. The summed E-state index contributed by atoms with van der Waals surface area (Å²) in [6, 6.07) is 7.03. The van der Waals surface area contributed by atoms with Gasteiger partial charge in [0.1, 0.15) is 0 Å². The van der Waals surface area contributed by atoms with Gasteiger partial charge in [0.25, 0.3) is 0 Å². The molecule has 20 heavy (non-hydrogen) atoms. The quantitative estimate of drug-likeness (QED) is 0.778. The highest BCUT2D eigenvalue weighted by atomic mass is 16.2. The van der Waals surface area contributed by atoms with Crippen molar-refractivity contribution in [3.05, 3.63) is 29.8 Å². The van der Waals surface area contributed by atoms with E-state index < -0.39 is 0 Å². The minimum Gasteiger partial charge on any atom is -0.328 e. The van der Waals surface area contributed by atoms with E-state index in [2.05, 4.69) is 21.2 Å². The number of carbonyl (C=O) groups excluding carboxylic acids is 2. The van der Waals surface area contributed by atoms with Crippen molar-refractivity contribution in [3.8, 4) is 0 Å². The molecule has 1 saturated carbocycles. The van der Waals surface area contributed by atoms with Crippen LogP contribution in [0.3, 0.4) is 0 Å². The van der Waals surface area contributed by atoms with E-state index in [1.54, 1.807) is 0 Å². The summed E-state index contributed by atoms with van der Waals surface area (Å²) in [5.74, 6) is 0.284. The number of nitrogens with one attached hydrogen (secondary N) is 3. The average Bonchev–Trinajstić information content (AvgIpc) is 3.24. The van der Waals surface area contributed by atoms with Gasteiger partial charge in [-0.05, 0) is 31.9 Å². The molecule has 1 aromatic carbocycles. The first-order chi connectivity index (χ1) is 9.63. The first kappa shape index (κ1) is 12.7. The van der Waals surface area contributed by atoms with Gasteiger partial charge in [-0.15, -0.1) is 0 Å². The minimum atomic E-state index is -0.297. The van der Waals surface area contributed by atoms with Crippen molar-refractivity contribution in [2.24, 2.45) is 11.0 Å². The number of nitrogens with zero attached hydrogens (tertiary/aromatic N) is 1. The standard InChI is InChI=1S/C14H16N4O2/c1-8-12(17-18-14(20)15-8)9-4-6-11(7-5-9)16-13(19)10-2-3-10/h4-8,10H,2-3H2,1H3,(H,16,19)(H2,15,18,20). The van der Waals surface area contributed by atoms with E-state index in [1.807, 2.05) is 31.2 Å². The molecule has 2 aliphatic rings. The highest BCUT2D eigenvalue weighted by Gasteiger charge is 2.29. The average molecular weight is 272 g/mol. The van der Waals surface area contributed by atoms with Crippen LogP contribution in [0.1, 0.15) is 25.3 Å². The summed E-state index contributed by atoms with van der Waals surface area (Å²) in [6.07, 6.45) is 1.98. The number of hydrogen-bond donors (Lipinski definition) is 3. The van der Waals surface area contributed by atoms with Crippen molar-refractivity contribution in [3.63, 3.8) is 0 Å². The van der Waals surface area contributed by atoms with Crippen molar-refractivity contribution in [2.75, 3.05) is 5.32 Å². The van der Waals surface area contributed by atoms with Crippen LogP contribution in [0.15, 0.2) is 29.4 Å². The molecular formula is C14H16N4O2. The lowest BCUT2D eigenvalue weighted by Crippen LogP contribution is -2.48. The SMILES string of the molecule is CC1NC(=O)NN=C1c1ccc(NC(=O)C2CC2)cc1. The van der Waals surface area contributed by atoms with E-state index >= 15 is 0 Å². The van der Waals surface area contributed by atoms with Crippen LogP contribution in [-0.2, 0) is 4.79 Å². The van der Waals surface area contributed by atoms with Gasteiger partial charge in [-0.2, -0.15) is 5.10 Å². The third-order valence-corrected chi connectivity index (χ3v) is 3.43. The van der Waals surface area contributed by atoms with Crippen molar-refractivity contribution in [1.29, 1.82) is 0 Å². The Bertz CT molecular complexity index is 575. The molecule has 3 N–H and O–H groups in total. The van der Waals surface area contributed by atoms with Crippen LogP contribution in [0.25, 0.3) is 0 Å². The Balaban J connectivity index is 1.72. The maximum Gasteiger partial charge on any atom is 0.335 e. The van der Waals surface area contributed by atoms with E-state index in [4.69, 9.17) is 0 Å². The fourth-order valence-corrected chi connectivity index (χ4v) is 2.13. The van der Waals surface area contributed by atoms with Crippen LogP contribution >= 0.6 is 0 Å². The van der Waals surface area contributed by atoms with Crippen LogP contribution in [-0.4, -0.2) is 23.7 Å². The Labute approximate surface area is 116 Å². The predicted octanol–water partition coefficient (Wildman–Crippen LogP) is 1.44. The molecule has 1 aromatic rings. The number of benzene rings is 1. The predicted molar refractivity (Wildman–Crippen MR) is 75.5 cm³/mol. The fraction of sp³-hybridized carbons (Fsp3) is 0.357. The van der Waals surface area contributed by atoms with Gasteiger partial charge in [-0.3, -0.25) is 4.79 Å². The highest BCUT2D eigenvalue weighted by molar-refractivity contribution is 6.07. The molecular weight excluding hydrogens is 256 g/mol. The van der Waals surface area contributed by atoms with Crippen LogP contribution in [0, 0.1) is 5.92 Å². The van der Waals surface area contributed by atoms with E-state index in [9.17, 15) is 9.59 Å². The minimum absolute atomic E-state index is 0.0926. The van der Waals surface area contributed by atoms with Gasteiger partial charge < -0.3 is 10.6 Å². The number of rotatable bonds is 3. The molecule has 0 saturated heterocycles. The molecule has 6 heteroatoms. The number of carbonyl (C=O) groups is 2. The summed E-state index contributed by atoms with van der Waals surface area (Å²) >= 11 is 0. The Morgan fingerprint density at radius 3 is 2.60 bits per heavy atom. The van der Waals surface area contributed by atoms with Crippen LogP contribution in [0.5, 0.6) is 0 Å². The molecule has 0 radical (unpaired) electrons. The number of urea groups is 1. The number of hydrazone groups is 1. The van der Waals surface area contributed by atoms with Crippen molar-refractivity contribution >= 4 is 23.3 Å². The Morgan fingerprint density at radius 2 is 2.00 bits per heavy atom. The molecule has 1 atom stereocenters. The summed E-state index contributed by atoms with van der Waals surface area (Å²) in [5, 5.41) is 9.69. The third-order valence-electron chi connectivity index (χ3n) is 3.43. The molecule has 6 nitrogen and oxygen atoms in total. The van der Waals surface area contributed by atoms with Gasteiger partial charge in [-0.25, -0.2) is 10.2 Å². The lowest BCUT2D eigenvalue weighted by atomic mass is 10.0. The maximum absolute atomic E-state index is 11.7. The molecule has 3 rings (SSSR count). The molecule has 1 fully saturated rings. The van der Waals surface area contributed by atoms with Gasteiger partial charge in [-0.1, -0.05) is 12.1 Å². The summed E-state index contributed by atoms with van der Waals surface area (Å²) in [6.45, 7) is 1.88. The molecule has 0 bridgehead atoms. The molecule has 1 heterocycles.